The first-order chi connectivity index (χ1) is 11.8. The van der Waals surface area contributed by atoms with Gasteiger partial charge in [0.2, 0.25) is 0 Å². The van der Waals surface area contributed by atoms with Gasteiger partial charge in [0, 0.05) is 5.56 Å². The Hall–Kier alpha value is -2.67. The molecule has 0 radical (unpaired) electrons. The number of ether oxygens (including phenoxy) is 1. The number of nitrogens with zero attached hydrogens (tertiary/aromatic N) is 1. The molecule has 0 aliphatic rings. The SMILES string of the molecule is CCOC(=O)C(=NOS(=O)(=O)c1ccc(C)cc1)c1ccc(C)cc1. The van der Waals surface area contributed by atoms with Gasteiger partial charge in [-0.3, -0.25) is 4.28 Å². The molecule has 0 bridgehead atoms. The van der Waals surface area contributed by atoms with Crippen molar-refractivity contribution in [2.45, 2.75) is 25.7 Å². The van der Waals surface area contributed by atoms with E-state index in [0.717, 1.165) is 11.1 Å². The number of aryl methyl sites for hydroxylation is 2. The molecule has 2 aromatic carbocycles. The lowest BCUT2D eigenvalue weighted by Gasteiger charge is -2.07. The molecule has 7 heteroatoms. The van der Waals surface area contributed by atoms with Crippen LogP contribution >= 0.6 is 0 Å². The van der Waals surface area contributed by atoms with Gasteiger partial charge in [0.05, 0.1) is 6.61 Å². The van der Waals surface area contributed by atoms with E-state index in [-0.39, 0.29) is 17.2 Å². The maximum Gasteiger partial charge on any atom is 0.361 e. The normalized spacial score (nSPS) is 11.9. The number of carbonyl (C=O) groups excluding carboxylic acids is 1. The fraction of sp³-hybridized carbons (Fsp3) is 0.222. The monoisotopic (exact) mass is 361 g/mol. The van der Waals surface area contributed by atoms with Crippen molar-refractivity contribution >= 4 is 21.8 Å². The fourth-order valence-corrected chi connectivity index (χ4v) is 2.68. The van der Waals surface area contributed by atoms with Crippen LogP contribution < -0.4 is 0 Å². The molecule has 132 valence electrons. The van der Waals surface area contributed by atoms with Crippen LogP contribution in [0.1, 0.15) is 23.6 Å². The number of benzene rings is 2. The summed E-state index contributed by atoms with van der Waals surface area (Å²) in [5.41, 5.74) is 2.09. The Balaban J connectivity index is 2.35. The lowest BCUT2D eigenvalue weighted by molar-refractivity contribution is -0.135. The first-order valence-corrected chi connectivity index (χ1v) is 9.07. The molecular weight excluding hydrogens is 342 g/mol. The molecule has 0 aromatic heterocycles. The largest absolute Gasteiger partial charge is 0.461 e. The van der Waals surface area contributed by atoms with Gasteiger partial charge < -0.3 is 4.74 Å². The van der Waals surface area contributed by atoms with Crippen molar-refractivity contribution in [3.8, 4) is 0 Å². The minimum Gasteiger partial charge on any atom is -0.461 e. The van der Waals surface area contributed by atoms with Gasteiger partial charge in [-0.05, 0) is 32.9 Å². The van der Waals surface area contributed by atoms with E-state index in [9.17, 15) is 13.2 Å². The van der Waals surface area contributed by atoms with E-state index >= 15 is 0 Å². The number of carbonyl (C=O) groups is 1. The first-order valence-electron chi connectivity index (χ1n) is 7.66. The Bertz CT molecular complexity index is 869. The zero-order valence-corrected chi connectivity index (χ0v) is 15.0. The van der Waals surface area contributed by atoms with E-state index in [2.05, 4.69) is 5.16 Å². The number of hydrogen-bond acceptors (Lipinski definition) is 6. The minimum atomic E-state index is -4.13. The smallest absolute Gasteiger partial charge is 0.361 e. The van der Waals surface area contributed by atoms with Crippen LogP contribution in [-0.4, -0.2) is 26.7 Å². The van der Waals surface area contributed by atoms with Crippen LogP contribution in [-0.2, 0) is 23.9 Å². The standard InChI is InChI=1S/C18H19NO5S/c1-4-23-18(20)17(15-9-5-13(2)6-10-15)19-24-25(21,22)16-11-7-14(3)8-12-16/h5-12H,4H2,1-3H3. The summed E-state index contributed by atoms with van der Waals surface area (Å²) in [4.78, 5) is 12.1. The number of oxime groups is 1. The van der Waals surface area contributed by atoms with Crippen LogP contribution in [0, 0.1) is 13.8 Å². The number of rotatable bonds is 6. The highest BCUT2D eigenvalue weighted by Gasteiger charge is 2.20. The molecule has 0 fully saturated rings. The molecule has 0 unspecified atom stereocenters. The lowest BCUT2D eigenvalue weighted by Crippen LogP contribution is -2.20. The van der Waals surface area contributed by atoms with Gasteiger partial charge in [0.15, 0.2) is 5.71 Å². The summed E-state index contributed by atoms with van der Waals surface area (Å²) in [5.74, 6) is -0.759. The minimum absolute atomic E-state index is 0.0473. The fourth-order valence-electron chi connectivity index (χ4n) is 1.95. The summed E-state index contributed by atoms with van der Waals surface area (Å²) in [6.45, 7) is 5.51. The zero-order chi connectivity index (χ0) is 18.4. The van der Waals surface area contributed by atoms with E-state index in [1.807, 2.05) is 13.8 Å². The van der Waals surface area contributed by atoms with Crippen LogP contribution in [0.15, 0.2) is 58.6 Å². The molecule has 0 spiro atoms. The maximum atomic E-state index is 12.2. The van der Waals surface area contributed by atoms with Crippen LogP contribution in [0.25, 0.3) is 0 Å². The summed E-state index contributed by atoms with van der Waals surface area (Å²) in [5, 5.41) is 3.57. The van der Waals surface area contributed by atoms with Gasteiger partial charge in [-0.15, -0.1) is 0 Å². The van der Waals surface area contributed by atoms with Crippen molar-refractivity contribution in [3.63, 3.8) is 0 Å². The zero-order valence-electron chi connectivity index (χ0n) is 14.2. The van der Waals surface area contributed by atoms with E-state index in [0.29, 0.717) is 5.56 Å². The topological polar surface area (TPSA) is 82.0 Å². The van der Waals surface area contributed by atoms with Crippen molar-refractivity contribution in [3.05, 3.63) is 65.2 Å². The van der Waals surface area contributed by atoms with Crippen molar-refractivity contribution in [2.75, 3.05) is 6.61 Å². The third-order valence-corrected chi connectivity index (χ3v) is 4.45. The van der Waals surface area contributed by atoms with E-state index in [1.54, 1.807) is 43.3 Å². The highest BCUT2D eigenvalue weighted by atomic mass is 32.2. The number of esters is 1. The maximum absolute atomic E-state index is 12.2. The van der Waals surface area contributed by atoms with E-state index < -0.39 is 16.1 Å². The second-order valence-corrected chi connectivity index (χ2v) is 6.90. The third kappa shape index (κ3) is 4.90. The molecule has 0 atom stereocenters. The van der Waals surface area contributed by atoms with Gasteiger partial charge in [0.1, 0.15) is 4.90 Å². The van der Waals surface area contributed by atoms with Crippen molar-refractivity contribution in [1.29, 1.82) is 0 Å². The Kier molecular flexibility index (Phi) is 5.93. The molecule has 0 aliphatic carbocycles. The van der Waals surface area contributed by atoms with Gasteiger partial charge in [-0.25, -0.2) is 4.79 Å². The molecule has 0 N–H and O–H groups in total. The second kappa shape index (κ2) is 7.94. The van der Waals surface area contributed by atoms with Gasteiger partial charge in [-0.1, -0.05) is 52.7 Å². The molecule has 0 amide bonds. The summed E-state index contributed by atoms with van der Waals surface area (Å²) >= 11 is 0. The molecule has 0 saturated heterocycles. The van der Waals surface area contributed by atoms with Crippen molar-refractivity contribution < 1.29 is 22.2 Å². The predicted molar refractivity (Wildman–Crippen MR) is 93.8 cm³/mol. The summed E-state index contributed by atoms with van der Waals surface area (Å²) in [7, 11) is -4.13. The van der Waals surface area contributed by atoms with Crippen LogP contribution in [0.5, 0.6) is 0 Å². The predicted octanol–water partition coefficient (Wildman–Crippen LogP) is 2.98. The van der Waals surface area contributed by atoms with Crippen molar-refractivity contribution in [1.82, 2.24) is 0 Å². The average Bonchev–Trinajstić information content (AvgIpc) is 2.57. The molecular formula is C18H19NO5S. The Morgan fingerprint density at radius 1 is 0.960 bits per heavy atom. The van der Waals surface area contributed by atoms with Crippen molar-refractivity contribution in [2.24, 2.45) is 5.16 Å². The lowest BCUT2D eigenvalue weighted by atomic mass is 10.1. The highest BCUT2D eigenvalue weighted by molar-refractivity contribution is 7.86. The summed E-state index contributed by atoms with van der Waals surface area (Å²) in [6, 6.07) is 13.0. The Morgan fingerprint density at radius 3 is 2.00 bits per heavy atom. The van der Waals surface area contributed by atoms with E-state index in [1.165, 1.54) is 12.1 Å². The molecule has 2 rings (SSSR count). The van der Waals surface area contributed by atoms with Crippen LogP contribution in [0.4, 0.5) is 0 Å². The number of hydrogen-bond donors (Lipinski definition) is 0. The molecule has 0 aliphatic heterocycles. The third-order valence-electron chi connectivity index (χ3n) is 3.33. The molecule has 2 aromatic rings. The quantitative estimate of drug-likeness (QED) is 0.449. The van der Waals surface area contributed by atoms with Gasteiger partial charge in [-0.2, -0.15) is 8.42 Å². The van der Waals surface area contributed by atoms with Crippen LogP contribution in [0.2, 0.25) is 0 Å². The molecule has 6 nitrogen and oxygen atoms in total. The van der Waals surface area contributed by atoms with Gasteiger partial charge in [0.25, 0.3) is 0 Å². The van der Waals surface area contributed by atoms with Gasteiger partial charge >= 0.3 is 16.1 Å². The second-order valence-electron chi connectivity index (χ2n) is 5.37. The summed E-state index contributed by atoms with van der Waals surface area (Å²) < 4.78 is 34.1. The molecule has 0 saturated carbocycles. The average molecular weight is 361 g/mol. The summed E-state index contributed by atoms with van der Waals surface area (Å²) in [6.07, 6.45) is 0. The Morgan fingerprint density at radius 2 is 1.48 bits per heavy atom. The first kappa shape index (κ1) is 18.7. The molecule has 25 heavy (non-hydrogen) atoms. The highest BCUT2D eigenvalue weighted by Crippen LogP contribution is 2.15. The molecule has 0 heterocycles. The van der Waals surface area contributed by atoms with Crippen LogP contribution in [0.3, 0.4) is 0 Å². The Labute approximate surface area is 147 Å². The van der Waals surface area contributed by atoms with E-state index in [4.69, 9.17) is 9.02 Å².